The Morgan fingerprint density at radius 3 is 0.714 bits per heavy atom. The minimum Gasteiger partial charge on any atom is -0.769 e. The first-order valence-electron chi connectivity index (χ1n) is 18.2. The fraction of sp³-hybridized carbons (Fsp3) is 1.00. The van der Waals surface area contributed by atoms with E-state index in [-0.39, 0.29) is 180 Å². The third-order valence-corrected chi connectivity index (χ3v) is 3.75. The molecule has 63 heavy (non-hydrogen) atoms. The first kappa shape index (κ1) is 124. The van der Waals surface area contributed by atoms with Crippen LogP contribution in [0.2, 0.25) is 60.6 Å². The predicted octanol–water partition coefficient (Wildman–Crippen LogP) is 11.3. The van der Waals surface area contributed by atoms with E-state index in [0.29, 0.717) is 10.7 Å². The summed E-state index contributed by atoms with van der Waals surface area (Å²) in [5, 5.41) is 0. The van der Waals surface area contributed by atoms with E-state index in [4.69, 9.17) is 16.6 Å². The third-order valence-electron chi connectivity index (χ3n) is 1.25. The van der Waals surface area contributed by atoms with Gasteiger partial charge in [0, 0.05) is 272 Å². The van der Waals surface area contributed by atoms with E-state index in [2.05, 4.69) is 139 Å². The van der Waals surface area contributed by atoms with Crippen LogP contribution < -0.4 is 0 Å². The summed E-state index contributed by atoms with van der Waals surface area (Å²) >= 11 is 6.69. The summed E-state index contributed by atoms with van der Waals surface area (Å²) in [4.78, 5) is 0. The summed E-state index contributed by atoms with van der Waals surface area (Å²) < 4.78 is 69.3. The van der Waals surface area contributed by atoms with E-state index in [1.54, 1.807) is 83.4 Å². The van der Waals surface area contributed by atoms with Crippen LogP contribution in [0.5, 0.6) is 0 Å². The van der Waals surface area contributed by atoms with Crippen LogP contribution >= 0.6 is 41.4 Å². The van der Waals surface area contributed by atoms with Crippen molar-refractivity contribution in [3.8, 4) is 0 Å². The molecule has 0 aromatic rings. The van der Waals surface area contributed by atoms with E-state index in [9.17, 15) is 21.4 Å². The Morgan fingerprint density at radius 1 is 0.667 bits per heavy atom. The molecule has 0 rings (SSSR count). The standard InChI is InChI=1S/2C3H9B.C3H9N2S.C3H9NOS.C3H9NS.C3H9OP.C3H9PS.C3H9P.C3H9Si.C2H6O2S.C2H6OS.C2H7P.C2H6S.5Y/c2*1-4(2)3;1-5-6(2,3)4;1-4-6(2,3)5;1-4-5(2)3;1-5(2,3)4;1-4(2,3)5;2*1-4(2)3;1-5(2,3)4;1-4(2)3;2*1-3-2;;;;;/h2*1-3H3;2*1-3H3;3*1-3H3;2*1-3H3;1-2H3;1-2H3;3H,1-2H3;1-2H3;;;;;/q;;-1;;;;;;;;;;;;;;;/p+1. The third kappa shape index (κ3) is 1250. The number of hydrogen-bond donors (Lipinski definition) is 0. The molecule has 0 aromatic heterocycles. The van der Waals surface area contributed by atoms with E-state index >= 15 is 0 Å². The average molecular weight is 1510 g/mol. The van der Waals surface area contributed by atoms with Crippen LogP contribution in [0.15, 0.2) is 13.1 Å². The van der Waals surface area contributed by atoms with Gasteiger partial charge in [0.25, 0.3) is 0 Å². The van der Waals surface area contributed by atoms with Crippen molar-refractivity contribution >= 4 is 126 Å². The maximum atomic E-state index is 10.4. The molecular formula is C35H107B2N4O5P4S7SiY5. The van der Waals surface area contributed by atoms with Crippen LogP contribution in [0.4, 0.5) is 0 Å². The number of nitrogens with zero attached hydrogens (tertiary/aromatic N) is 4. The van der Waals surface area contributed by atoms with E-state index < -0.39 is 53.2 Å². The zero-order valence-corrected chi connectivity index (χ0v) is 72.8. The van der Waals surface area contributed by atoms with Gasteiger partial charge in [-0.05, 0) is 98.8 Å². The summed E-state index contributed by atoms with van der Waals surface area (Å²) in [6.45, 7) is 44.2. The normalized spacial score (nSPS) is 8.75. The summed E-state index contributed by atoms with van der Waals surface area (Å²) in [6, 6.07) is -0.806. The van der Waals surface area contributed by atoms with E-state index in [0.717, 1.165) is 34.5 Å². The Bertz CT molecular complexity index is 1170. The monoisotopic (exact) mass is 1510 g/mol. The molecule has 0 saturated carbocycles. The summed E-state index contributed by atoms with van der Waals surface area (Å²) in [5.41, 5.74) is 0. The molecule has 0 fully saturated rings. The van der Waals surface area contributed by atoms with Crippen LogP contribution in [-0.4, -0.2) is 209 Å². The van der Waals surface area contributed by atoms with Crippen molar-refractivity contribution in [3.05, 3.63) is 4.78 Å². The zero-order valence-electron chi connectivity index (χ0n) is 48.1. The van der Waals surface area contributed by atoms with Gasteiger partial charge in [0.1, 0.15) is 23.3 Å². The molecule has 0 atom stereocenters. The largest absolute Gasteiger partial charge is 0.769 e. The van der Waals surface area contributed by atoms with Crippen molar-refractivity contribution in [2.75, 3.05) is 170 Å². The van der Waals surface area contributed by atoms with Gasteiger partial charge in [0.05, 0.1) is 7.14 Å². The van der Waals surface area contributed by atoms with Crippen molar-refractivity contribution in [2.24, 2.45) is 13.1 Å². The van der Waals surface area contributed by atoms with Gasteiger partial charge in [-0.3, -0.25) is 17.1 Å². The molecule has 0 aliphatic heterocycles. The molecule has 0 saturated heterocycles. The van der Waals surface area contributed by atoms with Gasteiger partial charge in [-0.15, -0.1) is 19.3 Å². The predicted molar refractivity (Wildman–Crippen MR) is 321 cm³/mol. The van der Waals surface area contributed by atoms with Crippen LogP contribution in [0.3, 0.4) is 0 Å². The molecule has 0 aromatic carbocycles. The second-order valence-electron chi connectivity index (χ2n) is 16.8. The molecule has 0 spiro atoms. The van der Waals surface area contributed by atoms with Crippen LogP contribution in [0, 0.1) is 0 Å². The first-order valence-corrected chi connectivity index (χ1v) is 45.9. The van der Waals surface area contributed by atoms with E-state index in [1.165, 1.54) is 0 Å². The fourth-order valence-corrected chi connectivity index (χ4v) is 0. The molecule has 0 aliphatic rings. The topological polar surface area (TPSA) is 145 Å². The Morgan fingerprint density at radius 2 is 0.714 bits per heavy atom. The summed E-state index contributed by atoms with van der Waals surface area (Å²) in [6.07, 6.45) is 20.5. The van der Waals surface area contributed by atoms with Gasteiger partial charge in [-0.1, -0.05) is 78.4 Å². The SMILES string of the molecule is CB(C)C.CB(C)C.CN=S(C)(C)=O.CN=S(C)(C)=[N-].CN=S(C)C.CP(C)(C)=O.CP(C)(C)=S.CPC.CS(C)(=O)=O.CS(C)=O.CSC.C[PH+](C)C.C[Si](C)C.[Y].[Y].[Y].[Y].[Y]. The van der Waals surface area contributed by atoms with Gasteiger partial charge >= 0.3 is 0 Å². The molecule has 9 nitrogen and oxygen atoms in total. The average Bonchev–Trinajstić information content (AvgIpc) is 2.85. The number of sulfone groups is 1. The number of rotatable bonds is 0. The van der Waals surface area contributed by atoms with Crippen LogP contribution in [-0.2, 0) is 231 Å². The molecule has 0 amide bonds. The smallest absolute Gasteiger partial charge is 0.144 e. The minimum atomic E-state index is -2.67. The second-order valence-corrected chi connectivity index (χ2v) is 46.6. The van der Waals surface area contributed by atoms with Crippen LogP contribution in [0.25, 0.3) is 4.78 Å². The molecule has 0 heterocycles. The molecule has 6 radical (unpaired) electrons. The first-order chi connectivity index (χ1) is 24.9. The second kappa shape index (κ2) is 89.7. The Kier molecular flexibility index (Phi) is 176. The summed E-state index contributed by atoms with van der Waals surface area (Å²) in [5.74, 6) is 0. The maximum absolute atomic E-state index is 10.4. The molecule has 0 bridgehead atoms. The van der Waals surface area contributed by atoms with Crippen molar-refractivity contribution in [1.29, 1.82) is 0 Å². The zero-order chi connectivity index (χ0) is 51.5. The number of hydrogen-bond acceptors (Lipinski definition) is 10. The molecule has 0 aliphatic carbocycles. The van der Waals surface area contributed by atoms with Crippen molar-refractivity contribution in [2.45, 2.75) is 60.6 Å². The van der Waals surface area contributed by atoms with Gasteiger partial charge in [0.2, 0.25) is 0 Å². The Labute approximate surface area is 549 Å². The Balaban J connectivity index is -0.0000000217. The fourth-order valence-electron chi connectivity index (χ4n) is 0. The summed E-state index contributed by atoms with van der Waals surface area (Å²) in [7, 11) is -1.60. The van der Waals surface area contributed by atoms with Crippen LogP contribution in [0.1, 0.15) is 0 Å². The van der Waals surface area contributed by atoms with Gasteiger partial charge in [-0.2, -0.15) is 11.8 Å². The van der Waals surface area contributed by atoms with Crippen molar-refractivity contribution in [3.63, 3.8) is 0 Å². The molecule has 28 heteroatoms. The van der Waals surface area contributed by atoms with Crippen molar-refractivity contribution < 1.29 is 185 Å². The van der Waals surface area contributed by atoms with Gasteiger partial charge in [-0.25, -0.2) is 22.4 Å². The van der Waals surface area contributed by atoms with Crippen molar-refractivity contribution in [1.82, 2.24) is 0 Å². The molecule has 0 N–H and O–H groups in total. The van der Waals surface area contributed by atoms with E-state index in [1.807, 2.05) is 19.6 Å². The molecular weight excluding hydrogens is 1400 g/mol. The quantitative estimate of drug-likeness (QED) is 0.173. The number of thioether (sulfide) groups is 1. The van der Waals surface area contributed by atoms with Gasteiger partial charge in [0.15, 0.2) is 0 Å². The molecule has 0 unspecified atom stereocenters. The molecule has 384 valence electrons. The minimum absolute atomic E-state index is 0. The van der Waals surface area contributed by atoms with Gasteiger partial charge < -0.3 is 9.34 Å². The maximum Gasteiger partial charge on any atom is 0.144 e. The Hall–Kier alpha value is 8.11.